The Labute approximate surface area is 196 Å². The molecule has 1 fully saturated rings. The minimum absolute atomic E-state index is 0.0832. The van der Waals surface area contributed by atoms with Crippen LogP contribution in [0, 0.1) is 0 Å². The number of allylic oxidation sites excluding steroid dienone is 2. The summed E-state index contributed by atoms with van der Waals surface area (Å²) in [6.07, 6.45) is 18.7. The molecule has 1 heterocycles. The Kier molecular flexibility index (Phi) is 16.8. The van der Waals surface area contributed by atoms with E-state index in [1.165, 1.54) is 88.9 Å². The average molecular weight is 456 g/mol. The van der Waals surface area contributed by atoms with Crippen molar-refractivity contribution < 1.29 is 24.9 Å². The van der Waals surface area contributed by atoms with Crippen LogP contribution in [-0.2, 0) is 9.53 Å². The Morgan fingerprint density at radius 1 is 0.812 bits per heavy atom. The molecule has 0 radical (unpaired) electrons. The van der Waals surface area contributed by atoms with E-state index in [2.05, 4.69) is 19.1 Å². The van der Waals surface area contributed by atoms with E-state index in [9.17, 15) is 20.1 Å². The molecule has 4 unspecified atom stereocenters. The molecule has 6 nitrogen and oxygen atoms in total. The summed E-state index contributed by atoms with van der Waals surface area (Å²) in [6, 6.07) is 0. The van der Waals surface area contributed by atoms with E-state index in [0.717, 1.165) is 19.3 Å². The van der Waals surface area contributed by atoms with Crippen LogP contribution in [0.1, 0.15) is 110 Å². The lowest BCUT2D eigenvalue weighted by Crippen LogP contribution is -2.60. The van der Waals surface area contributed by atoms with Crippen molar-refractivity contribution in [2.45, 2.75) is 135 Å². The Hall–Kier alpha value is -0.950. The zero-order chi connectivity index (χ0) is 23.6. The number of carbonyl (C=O) groups is 1. The van der Waals surface area contributed by atoms with E-state index in [-0.39, 0.29) is 12.5 Å². The van der Waals surface area contributed by atoms with Crippen LogP contribution in [0.15, 0.2) is 12.2 Å². The maximum atomic E-state index is 12.0. The number of aliphatic hydroxyl groups is 3. The summed E-state index contributed by atoms with van der Waals surface area (Å²) in [6.45, 7) is 4.10. The molecule has 1 aliphatic rings. The molecule has 0 aromatic heterocycles. The number of hydrogen-bond donors (Lipinski definition) is 3. The van der Waals surface area contributed by atoms with E-state index < -0.39 is 24.5 Å². The molecular weight excluding hydrogens is 406 g/mol. The van der Waals surface area contributed by atoms with Crippen LogP contribution in [0.5, 0.6) is 0 Å². The van der Waals surface area contributed by atoms with E-state index >= 15 is 0 Å². The number of aliphatic hydroxyl groups excluding tert-OH is 3. The number of unbranched alkanes of at least 4 members (excludes halogenated alkanes) is 13. The highest BCUT2D eigenvalue weighted by Gasteiger charge is 2.41. The van der Waals surface area contributed by atoms with Crippen LogP contribution in [0.2, 0.25) is 0 Å². The molecule has 0 aliphatic carbocycles. The molecular formula is C26H49NO5. The Morgan fingerprint density at radius 2 is 1.31 bits per heavy atom. The standard InChI is InChI=1S/C26H49NO5/c1-3-4-5-6-7-8-9-10-11-12-13-14-15-16-17-18-19-20-27(22(2)28)26-25(31)24(30)23(29)21-32-26/h11-12,23-26,29-31H,3-10,13-21H2,1-2H3/b12-11-. The van der Waals surface area contributed by atoms with Crippen LogP contribution in [0.4, 0.5) is 0 Å². The van der Waals surface area contributed by atoms with Crippen molar-refractivity contribution in [1.29, 1.82) is 0 Å². The normalized spacial score (nSPS) is 23.7. The van der Waals surface area contributed by atoms with Gasteiger partial charge in [0.2, 0.25) is 5.91 Å². The summed E-state index contributed by atoms with van der Waals surface area (Å²) < 4.78 is 5.42. The van der Waals surface area contributed by atoms with Gasteiger partial charge in [0.15, 0.2) is 6.23 Å². The van der Waals surface area contributed by atoms with Crippen molar-refractivity contribution in [3.05, 3.63) is 12.2 Å². The number of hydrogen-bond acceptors (Lipinski definition) is 5. The second kappa shape index (κ2) is 18.5. The van der Waals surface area contributed by atoms with Gasteiger partial charge >= 0.3 is 0 Å². The molecule has 3 N–H and O–H groups in total. The first-order chi connectivity index (χ1) is 15.5. The quantitative estimate of drug-likeness (QED) is 0.206. The van der Waals surface area contributed by atoms with Crippen LogP contribution in [-0.4, -0.2) is 63.8 Å². The van der Waals surface area contributed by atoms with Gasteiger partial charge in [-0.1, -0.05) is 83.3 Å². The molecule has 32 heavy (non-hydrogen) atoms. The largest absolute Gasteiger partial charge is 0.388 e. The highest BCUT2D eigenvalue weighted by Crippen LogP contribution is 2.20. The topological polar surface area (TPSA) is 90.2 Å². The van der Waals surface area contributed by atoms with Crippen LogP contribution in [0.25, 0.3) is 0 Å². The van der Waals surface area contributed by atoms with Gasteiger partial charge in [0.1, 0.15) is 18.3 Å². The van der Waals surface area contributed by atoms with Gasteiger partial charge in [-0.2, -0.15) is 0 Å². The highest BCUT2D eigenvalue weighted by atomic mass is 16.5. The molecule has 0 bridgehead atoms. The molecule has 0 spiro atoms. The first kappa shape index (κ1) is 29.1. The molecule has 0 saturated carbocycles. The third-order valence-corrected chi connectivity index (χ3v) is 6.35. The van der Waals surface area contributed by atoms with Crippen molar-refractivity contribution >= 4 is 5.91 Å². The number of ether oxygens (including phenoxy) is 1. The molecule has 1 rings (SSSR count). The minimum Gasteiger partial charge on any atom is -0.388 e. The van der Waals surface area contributed by atoms with Crippen molar-refractivity contribution in [3.8, 4) is 0 Å². The lowest BCUT2D eigenvalue weighted by Gasteiger charge is -2.41. The predicted octanol–water partition coefficient (Wildman–Crippen LogP) is 4.70. The number of rotatable bonds is 18. The second-order valence-electron chi connectivity index (χ2n) is 9.28. The third-order valence-electron chi connectivity index (χ3n) is 6.35. The maximum Gasteiger partial charge on any atom is 0.221 e. The van der Waals surface area contributed by atoms with E-state index in [0.29, 0.717) is 6.54 Å². The lowest BCUT2D eigenvalue weighted by molar-refractivity contribution is -0.227. The van der Waals surface area contributed by atoms with Gasteiger partial charge in [0.05, 0.1) is 6.61 Å². The molecule has 1 aliphatic heterocycles. The molecule has 188 valence electrons. The van der Waals surface area contributed by atoms with E-state index in [1.807, 2.05) is 0 Å². The highest BCUT2D eigenvalue weighted by molar-refractivity contribution is 5.73. The Balaban J connectivity index is 2.00. The molecule has 0 aromatic rings. The van der Waals surface area contributed by atoms with Crippen molar-refractivity contribution in [2.75, 3.05) is 13.2 Å². The van der Waals surface area contributed by atoms with Gasteiger partial charge in [-0.05, 0) is 32.1 Å². The molecule has 4 atom stereocenters. The van der Waals surface area contributed by atoms with Crippen LogP contribution in [0.3, 0.4) is 0 Å². The van der Waals surface area contributed by atoms with Gasteiger partial charge in [0.25, 0.3) is 0 Å². The van der Waals surface area contributed by atoms with Gasteiger partial charge in [-0.15, -0.1) is 0 Å². The predicted molar refractivity (Wildman–Crippen MR) is 129 cm³/mol. The van der Waals surface area contributed by atoms with Gasteiger partial charge in [-0.25, -0.2) is 0 Å². The first-order valence-corrected chi connectivity index (χ1v) is 13.1. The summed E-state index contributed by atoms with van der Waals surface area (Å²) in [5, 5.41) is 29.6. The fourth-order valence-corrected chi connectivity index (χ4v) is 4.24. The van der Waals surface area contributed by atoms with Gasteiger partial charge in [-0.3, -0.25) is 4.79 Å². The molecule has 0 aromatic carbocycles. The van der Waals surface area contributed by atoms with E-state index in [1.54, 1.807) is 0 Å². The van der Waals surface area contributed by atoms with Crippen molar-refractivity contribution in [1.82, 2.24) is 4.90 Å². The number of amides is 1. The van der Waals surface area contributed by atoms with Gasteiger partial charge in [0, 0.05) is 13.5 Å². The zero-order valence-corrected chi connectivity index (χ0v) is 20.6. The van der Waals surface area contributed by atoms with Crippen molar-refractivity contribution in [3.63, 3.8) is 0 Å². The number of carbonyl (C=O) groups excluding carboxylic acids is 1. The second-order valence-corrected chi connectivity index (χ2v) is 9.28. The number of nitrogens with zero attached hydrogens (tertiary/aromatic N) is 1. The third kappa shape index (κ3) is 12.3. The first-order valence-electron chi connectivity index (χ1n) is 13.1. The van der Waals surface area contributed by atoms with Crippen molar-refractivity contribution in [2.24, 2.45) is 0 Å². The Bertz CT molecular complexity index is 499. The molecule has 6 heteroatoms. The summed E-state index contributed by atoms with van der Waals surface area (Å²) in [4.78, 5) is 13.4. The summed E-state index contributed by atoms with van der Waals surface area (Å²) in [7, 11) is 0. The summed E-state index contributed by atoms with van der Waals surface area (Å²) in [5.41, 5.74) is 0. The monoisotopic (exact) mass is 455 g/mol. The summed E-state index contributed by atoms with van der Waals surface area (Å²) in [5.74, 6) is -0.194. The zero-order valence-electron chi connectivity index (χ0n) is 20.6. The molecule has 1 saturated heterocycles. The average Bonchev–Trinajstić information content (AvgIpc) is 2.77. The smallest absolute Gasteiger partial charge is 0.221 e. The summed E-state index contributed by atoms with van der Waals surface area (Å²) >= 11 is 0. The van der Waals surface area contributed by atoms with Gasteiger partial charge < -0.3 is 25.0 Å². The maximum absolute atomic E-state index is 12.0. The Morgan fingerprint density at radius 3 is 1.84 bits per heavy atom. The van der Waals surface area contributed by atoms with E-state index in [4.69, 9.17) is 4.74 Å². The fraction of sp³-hybridized carbons (Fsp3) is 0.885. The molecule has 1 amide bonds. The van der Waals surface area contributed by atoms with Crippen LogP contribution >= 0.6 is 0 Å². The minimum atomic E-state index is -1.29. The SMILES string of the molecule is CCCCCCCCC/C=C\CCCCCCCCN(C(C)=O)C1OCC(O)C(O)C1O. The lowest BCUT2D eigenvalue weighted by atomic mass is 10.0. The fourth-order valence-electron chi connectivity index (χ4n) is 4.24. The van der Waals surface area contributed by atoms with Crippen LogP contribution < -0.4 is 0 Å².